The number of benzene rings is 1. The molecule has 1 aromatic heterocycles. The monoisotopic (exact) mass is 271 g/mol. The van der Waals surface area contributed by atoms with Crippen molar-refractivity contribution in [3.05, 3.63) is 69.8 Å². The Bertz CT molecular complexity index is 677. The van der Waals surface area contributed by atoms with Gasteiger partial charge < -0.3 is 4.57 Å². The van der Waals surface area contributed by atoms with Crippen LogP contribution in [0.5, 0.6) is 0 Å². The fraction of sp³-hybridized carbons (Fsp3) is 0.267. The lowest BCUT2D eigenvalue weighted by Gasteiger charge is -2.09. The summed E-state index contributed by atoms with van der Waals surface area (Å²) in [7, 11) is 0. The third-order valence-electron chi connectivity index (χ3n) is 3.17. The first-order chi connectivity index (χ1) is 9.63. The lowest BCUT2D eigenvalue weighted by molar-refractivity contribution is -0.385. The molecule has 0 radical (unpaired) electrons. The van der Waals surface area contributed by atoms with E-state index < -0.39 is 0 Å². The normalized spacial score (nSPS) is 13.2. The molecule has 0 N–H and O–H groups in total. The van der Waals surface area contributed by atoms with Crippen LogP contribution in [-0.4, -0.2) is 9.49 Å². The summed E-state index contributed by atoms with van der Waals surface area (Å²) in [5.74, 6) is 0. The lowest BCUT2D eigenvalue weighted by atomic mass is 10.1. The van der Waals surface area contributed by atoms with Crippen LogP contribution in [0.2, 0.25) is 0 Å². The van der Waals surface area contributed by atoms with Gasteiger partial charge in [-0.3, -0.25) is 15.1 Å². The Kier molecular flexibility index (Phi) is 4.30. The van der Waals surface area contributed by atoms with Gasteiger partial charge >= 0.3 is 0 Å². The second-order valence-corrected chi connectivity index (χ2v) is 4.47. The summed E-state index contributed by atoms with van der Waals surface area (Å²) in [4.78, 5) is 15.3. The molecule has 0 spiro atoms. The fourth-order valence-corrected chi connectivity index (χ4v) is 2.13. The first-order valence-corrected chi connectivity index (χ1v) is 6.56. The van der Waals surface area contributed by atoms with E-state index in [1.807, 2.05) is 42.8 Å². The van der Waals surface area contributed by atoms with Crippen LogP contribution in [-0.2, 0) is 6.54 Å². The molecular weight excluding hydrogens is 254 g/mol. The van der Waals surface area contributed by atoms with E-state index in [-0.39, 0.29) is 16.7 Å². The van der Waals surface area contributed by atoms with E-state index in [9.17, 15) is 10.1 Å². The van der Waals surface area contributed by atoms with Gasteiger partial charge in [0, 0.05) is 18.8 Å². The van der Waals surface area contributed by atoms with Gasteiger partial charge in [-0.25, -0.2) is 0 Å². The molecule has 0 saturated heterocycles. The van der Waals surface area contributed by atoms with Crippen LogP contribution < -0.4 is 5.49 Å². The maximum absolute atomic E-state index is 11.1. The van der Waals surface area contributed by atoms with Crippen LogP contribution in [0.4, 0.5) is 5.69 Å². The number of hydrogen-bond acceptors (Lipinski definition) is 3. The van der Waals surface area contributed by atoms with Crippen LogP contribution in [0.15, 0.2) is 53.7 Å². The average molecular weight is 271 g/mol. The van der Waals surface area contributed by atoms with Crippen molar-refractivity contribution in [2.45, 2.75) is 26.4 Å². The van der Waals surface area contributed by atoms with Gasteiger partial charge in [0.1, 0.15) is 5.49 Å². The van der Waals surface area contributed by atoms with E-state index in [2.05, 4.69) is 4.99 Å². The summed E-state index contributed by atoms with van der Waals surface area (Å²) in [5, 5.41) is 11.1. The maximum Gasteiger partial charge on any atom is 0.274 e. The highest BCUT2D eigenvalue weighted by Gasteiger charge is 2.17. The van der Waals surface area contributed by atoms with Gasteiger partial charge in [0.15, 0.2) is 0 Å². The summed E-state index contributed by atoms with van der Waals surface area (Å²) < 4.78 is 2.01. The molecule has 20 heavy (non-hydrogen) atoms. The molecule has 1 aromatic carbocycles. The number of nitro benzene ring substituents is 1. The molecule has 1 atom stereocenters. The van der Waals surface area contributed by atoms with Gasteiger partial charge in [0.2, 0.25) is 0 Å². The second kappa shape index (κ2) is 6.14. The van der Waals surface area contributed by atoms with Crippen LogP contribution in [0.3, 0.4) is 0 Å². The SMILES string of the molecule is CCn1ccccc1=NC(C)c1ccccc1[N+](=O)[O-]. The Morgan fingerprint density at radius 2 is 1.95 bits per heavy atom. The summed E-state index contributed by atoms with van der Waals surface area (Å²) in [6, 6.07) is 12.2. The number of aryl methyl sites for hydroxylation is 1. The van der Waals surface area contributed by atoms with E-state index in [0.29, 0.717) is 5.56 Å². The molecule has 0 saturated carbocycles. The van der Waals surface area contributed by atoms with Crippen LogP contribution in [0.25, 0.3) is 0 Å². The highest BCUT2D eigenvalue weighted by molar-refractivity contribution is 5.41. The standard InChI is InChI=1S/C15H17N3O2/c1-3-17-11-7-6-10-15(17)16-12(2)13-8-4-5-9-14(13)18(19)20/h4-12H,3H2,1-2H3. The predicted molar refractivity (Wildman–Crippen MR) is 77.2 cm³/mol. The highest BCUT2D eigenvalue weighted by Crippen LogP contribution is 2.26. The average Bonchev–Trinajstić information content (AvgIpc) is 2.47. The summed E-state index contributed by atoms with van der Waals surface area (Å²) in [6.07, 6.45) is 1.95. The van der Waals surface area contributed by atoms with Crippen LogP contribution >= 0.6 is 0 Å². The largest absolute Gasteiger partial charge is 0.334 e. The first kappa shape index (κ1) is 14.0. The summed E-state index contributed by atoms with van der Waals surface area (Å²) in [6.45, 7) is 4.72. The molecule has 0 bridgehead atoms. The Labute approximate surface area is 117 Å². The minimum absolute atomic E-state index is 0.114. The zero-order valence-electron chi connectivity index (χ0n) is 11.6. The number of rotatable bonds is 4. The van der Waals surface area contributed by atoms with Gasteiger partial charge in [0.25, 0.3) is 5.69 Å². The first-order valence-electron chi connectivity index (χ1n) is 6.56. The molecule has 0 aliphatic carbocycles. The molecule has 5 nitrogen and oxygen atoms in total. The molecule has 1 heterocycles. The molecule has 2 rings (SSSR count). The molecular formula is C15H17N3O2. The third kappa shape index (κ3) is 2.93. The zero-order chi connectivity index (χ0) is 14.5. The van der Waals surface area contributed by atoms with E-state index in [4.69, 9.17) is 0 Å². The van der Waals surface area contributed by atoms with E-state index in [1.165, 1.54) is 6.07 Å². The third-order valence-corrected chi connectivity index (χ3v) is 3.17. The van der Waals surface area contributed by atoms with E-state index in [0.717, 1.165) is 12.0 Å². The van der Waals surface area contributed by atoms with Crippen molar-refractivity contribution in [2.24, 2.45) is 4.99 Å². The Hall–Kier alpha value is -2.43. The van der Waals surface area contributed by atoms with Crippen LogP contribution in [0.1, 0.15) is 25.5 Å². The number of para-hydroxylation sites is 1. The van der Waals surface area contributed by atoms with Crippen molar-refractivity contribution in [2.75, 3.05) is 0 Å². The zero-order valence-corrected chi connectivity index (χ0v) is 11.6. The predicted octanol–water partition coefficient (Wildman–Crippen LogP) is 3.08. The van der Waals surface area contributed by atoms with Gasteiger partial charge in [-0.15, -0.1) is 0 Å². The molecule has 1 unspecified atom stereocenters. The minimum Gasteiger partial charge on any atom is -0.334 e. The van der Waals surface area contributed by atoms with Gasteiger partial charge in [-0.1, -0.05) is 24.3 Å². The summed E-state index contributed by atoms with van der Waals surface area (Å²) in [5.41, 5.74) is 1.56. The van der Waals surface area contributed by atoms with Crippen LogP contribution in [0, 0.1) is 10.1 Å². The molecule has 0 aliphatic rings. The fourth-order valence-electron chi connectivity index (χ4n) is 2.13. The molecule has 104 valence electrons. The number of hydrogen-bond donors (Lipinski definition) is 0. The number of nitro groups is 1. The number of pyridine rings is 1. The number of nitrogens with zero attached hydrogens (tertiary/aromatic N) is 3. The highest BCUT2D eigenvalue weighted by atomic mass is 16.6. The molecule has 5 heteroatoms. The topological polar surface area (TPSA) is 60.4 Å². The van der Waals surface area contributed by atoms with Gasteiger partial charge in [-0.05, 0) is 26.0 Å². The Morgan fingerprint density at radius 3 is 2.65 bits per heavy atom. The lowest BCUT2D eigenvalue weighted by Crippen LogP contribution is -2.19. The van der Waals surface area contributed by atoms with E-state index >= 15 is 0 Å². The Morgan fingerprint density at radius 1 is 1.25 bits per heavy atom. The molecule has 0 fully saturated rings. The van der Waals surface area contributed by atoms with Crippen molar-refractivity contribution in [1.82, 2.24) is 4.57 Å². The Balaban J connectivity index is 2.47. The van der Waals surface area contributed by atoms with Crippen molar-refractivity contribution in [3.8, 4) is 0 Å². The van der Waals surface area contributed by atoms with Crippen molar-refractivity contribution in [3.63, 3.8) is 0 Å². The quantitative estimate of drug-likeness (QED) is 0.633. The minimum atomic E-state index is -0.361. The van der Waals surface area contributed by atoms with Crippen molar-refractivity contribution < 1.29 is 4.92 Å². The second-order valence-electron chi connectivity index (χ2n) is 4.47. The molecule has 0 aliphatic heterocycles. The van der Waals surface area contributed by atoms with Gasteiger partial charge in [-0.2, -0.15) is 0 Å². The number of aromatic nitrogens is 1. The van der Waals surface area contributed by atoms with Gasteiger partial charge in [0.05, 0.1) is 16.5 Å². The van der Waals surface area contributed by atoms with E-state index in [1.54, 1.807) is 18.2 Å². The van der Waals surface area contributed by atoms with Crippen molar-refractivity contribution in [1.29, 1.82) is 0 Å². The molecule has 0 amide bonds. The smallest absolute Gasteiger partial charge is 0.274 e. The maximum atomic E-state index is 11.1. The molecule has 2 aromatic rings. The van der Waals surface area contributed by atoms with Crippen molar-refractivity contribution >= 4 is 5.69 Å². The summed E-state index contributed by atoms with van der Waals surface area (Å²) >= 11 is 0.